The second kappa shape index (κ2) is 28.3. The number of carbonyl (C=O) groups excluding carboxylic acids is 2. The van der Waals surface area contributed by atoms with Crippen molar-refractivity contribution in [3.63, 3.8) is 0 Å². The molecule has 1 atom stereocenters. The summed E-state index contributed by atoms with van der Waals surface area (Å²) in [5.41, 5.74) is -2.47. The van der Waals surface area contributed by atoms with E-state index in [4.69, 9.17) is 0 Å². The van der Waals surface area contributed by atoms with Crippen LogP contribution < -0.4 is 0 Å². The van der Waals surface area contributed by atoms with Gasteiger partial charge < -0.3 is 15.3 Å². The second-order valence-electron chi connectivity index (χ2n) is 12.3. The van der Waals surface area contributed by atoms with Crippen LogP contribution in [0.2, 0.25) is 0 Å². The first-order valence-electron chi connectivity index (χ1n) is 17.5. The van der Waals surface area contributed by atoms with Gasteiger partial charge in [0.05, 0.1) is 6.61 Å². The summed E-state index contributed by atoms with van der Waals surface area (Å²) in [6.07, 6.45) is 29.4. The average Bonchev–Trinajstić information content (AvgIpc) is 2.96. The number of aliphatic hydroxyl groups excluding tert-OH is 2. The molecule has 0 spiro atoms. The van der Waals surface area contributed by atoms with E-state index in [9.17, 15) is 24.9 Å². The molecule has 40 heavy (non-hydrogen) atoms. The maximum Gasteiger partial charge on any atom is 0.209 e. The van der Waals surface area contributed by atoms with Crippen molar-refractivity contribution in [2.24, 2.45) is 0 Å². The number of aliphatic hydroxyl groups is 3. The smallest absolute Gasteiger partial charge is 0.209 e. The predicted octanol–water partition coefficient (Wildman–Crippen LogP) is 9.17. The maximum absolute atomic E-state index is 12.8. The SMILES string of the molecule is CCCCCCCCCCCCCCCC(=O)C(O)(C(=O)CCCCCCCCCCCCCCC)C(O)CO. The van der Waals surface area contributed by atoms with Gasteiger partial charge in [-0.25, -0.2) is 0 Å². The fraction of sp³-hybridized carbons (Fsp3) is 0.943. The van der Waals surface area contributed by atoms with Crippen LogP contribution >= 0.6 is 0 Å². The number of unbranched alkanes of at least 4 members (excludes halogenated alkanes) is 24. The summed E-state index contributed by atoms with van der Waals surface area (Å²) in [6.45, 7) is 3.69. The van der Waals surface area contributed by atoms with Crippen LogP contribution in [0.1, 0.15) is 194 Å². The average molecular weight is 569 g/mol. The van der Waals surface area contributed by atoms with Crippen molar-refractivity contribution in [3.05, 3.63) is 0 Å². The predicted molar refractivity (Wildman–Crippen MR) is 169 cm³/mol. The summed E-state index contributed by atoms with van der Waals surface area (Å²) in [4.78, 5) is 25.6. The minimum absolute atomic E-state index is 0.0651. The van der Waals surface area contributed by atoms with Gasteiger partial charge in [-0.05, 0) is 12.8 Å². The Bertz CT molecular complexity index is 534. The molecule has 5 nitrogen and oxygen atoms in total. The molecule has 0 aromatic carbocycles. The Morgan fingerprint density at radius 1 is 0.475 bits per heavy atom. The Kier molecular flexibility index (Phi) is 27.8. The third kappa shape index (κ3) is 20.2. The van der Waals surface area contributed by atoms with E-state index in [2.05, 4.69) is 13.8 Å². The molecule has 0 rings (SSSR count). The normalized spacial score (nSPS) is 12.6. The minimum atomic E-state index is -2.47. The zero-order chi connectivity index (χ0) is 29.7. The number of carbonyl (C=O) groups is 2. The molecule has 0 fully saturated rings. The number of hydrogen-bond acceptors (Lipinski definition) is 5. The summed E-state index contributed by atoms with van der Waals surface area (Å²) in [7, 11) is 0. The van der Waals surface area contributed by atoms with E-state index in [-0.39, 0.29) is 12.8 Å². The minimum Gasteiger partial charge on any atom is -0.394 e. The lowest BCUT2D eigenvalue weighted by atomic mass is 9.82. The fourth-order valence-corrected chi connectivity index (χ4v) is 5.65. The highest BCUT2D eigenvalue weighted by molar-refractivity contribution is 6.10. The van der Waals surface area contributed by atoms with Gasteiger partial charge in [-0.2, -0.15) is 0 Å². The topological polar surface area (TPSA) is 94.8 Å². The molecule has 3 N–H and O–H groups in total. The van der Waals surface area contributed by atoms with Crippen molar-refractivity contribution in [1.29, 1.82) is 0 Å². The summed E-state index contributed by atoms with van der Waals surface area (Å²) in [5.74, 6) is -1.28. The molecule has 0 aromatic rings. The molecule has 5 heteroatoms. The van der Waals surface area contributed by atoms with E-state index in [1.165, 1.54) is 116 Å². The fourth-order valence-electron chi connectivity index (χ4n) is 5.65. The van der Waals surface area contributed by atoms with Gasteiger partial charge in [0, 0.05) is 12.8 Å². The highest BCUT2D eigenvalue weighted by atomic mass is 16.4. The number of Topliss-reactive ketones (excluding diaryl/α,β-unsaturated/α-hetero) is 2. The molecule has 0 heterocycles. The van der Waals surface area contributed by atoms with Crippen molar-refractivity contribution in [2.45, 2.75) is 205 Å². The van der Waals surface area contributed by atoms with Gasteiger partial charge in [-0.15, -0.1) is 0 Å². The molecule has 0 aliphatic heterocycles. The first kappa shape index (κ1) is 39.2. The highest BCUT2D eigenvalue weighted by Crippen LogP contribution is 2.22. The lowest BCUT2D eigenvalue weighted by Gasteiger charge is -2.29. The Morgan fingerprint density at radius 2 is 0.700 bits per heavy atom. The van der Waals surface area contributed by atoms with Gasteiger partial charge in [-0.1, -0.05) is 168 Å². The molecule has 0 aliphatic rings. The first-order chi connectivity index (χ1) is 19.4. The van der Waals surface area contributed by atoms with Crippen molar-refractivity contribution in [1.82, 2.24) is 0 Å². The van der Waals surface area contributed by atoms with Crippen molar-refractivity contribution >= 4 is 11.6 Å². The monoisotopic (exact) mass is 569 g/mol. The van der Waals surface area contributed by atoms with Crippen LogP contribution in [0, 0.1) is 0 Å². The van der Waals surface area contributed by atoms with Crippen molar-refractivity contribution < 1.29 is 24.9 Å². The molecule has 0 aromatic heterocycles. The molecular weight excluding hydrogens is 500 g/mol. The Labute approximate surface area is 248 Å². The molecular formula is C35H68O5. The Balaban J connectivity index is 3.99. The van der Waals surface area contributed by atoms with Gasteiger partial charge >= 0.3 is 0 Å². The quantitative estimate of drug-likeness (QED) is 0.0555. The van der Waals surface area contributed by atoms with E-state index < -0.39 is 29.9 Å². The van der Waals surface area contributed by atoms with Gasteiger partial charge in [0.25, 0.3) is 0 Å². The molecule has 238 valence electrons. The second-order valence-corrected chi connectivity index (χ2v) is 12.3. The van der Waals surface area contributed by atoms with Crippen LogP contribution in [0.3, 0.4) is 0 Å². The third-order valence-corrected chi connectivity index (χ3v) is 8.52. The van der Waals surface area contributed by atoms with Crippen LogP contribution in [-0.2, 0) is 9.59 Å². The molecule has 0 bridgehead atoms. The third-order valence-electron chi connectivity index (χ3n) is 8.52. The van der Waals surface area contributed by atoms with Crippen LogP contribution in [0.5, 0.6) is 0 Å². The van der Waals surface area contributed by atoms with E-state index in [0.29, 0.717) is 12.8 Å². The summed E-state index contributed by atoms with van der Waals surface area (Å²) in [5, 5.41) is 30.5. The number of ketones is 2. The van der Waals surface area contributed by atoms with E-state index in [0.717, 1.165) is 38.5 Å². The largest absolute Gasteiger partial charge is 0.394 e. The summed E-state index contributed by atoms with van der Waals surface area (Å²) < 4.78 is 0. The molecule has 0 aliphatic carbocycles. The van der Waals surface area contributed by atoms with Crippen LogP contribution in [0.25, 0.3) is 0 Å². The molecule has 1 unspecified atom stereocenters. The lowest BCUT2D eigenvalue weighted by molar-refractivity contribution is -0.166. The maximum atomic E-state index is 12.8. The summed E-state index contributed by atoms with van der Waals surface area (Å²) >= 11 is 0. The van der Waals surface area contributed by atoms with Crippen LogP contribution in [-0.4, -0.2) is 45.2 Å². The van der Waals surface area contributed by atoms with Gasteiger partial charge in [0.15, 0.2) is 11.6 Å². The first-order valence-corrected chi connectivity index (χ1v) is 17.5. The zero-order valence-corrected chi connectivity index (χ0v) is 26.7. The van der Waals surface area contributed by atoms with Crippen molar-refractivity contribution in [2.75, 3.05) is 6.61 Å². The van der Waals surface area contributed by atoms with Crippen LogP contribution in [0.4, 0.5) is 0 Å². The van der Waals surface area contributed by atoms with Gasteiger partial charge in [0.1, 0.15) is 6.10 Å². The molecule has 0 amide bonds. The van der Waals surface area contributed by atoms with Crippen molar-refractivity contribution in [3.8, 4) is 0 Å². The van der Waals surface area contributed by atoms with Gasteiger partial charge in [0.2, 0.25) is 5.60 Å². The number of rotatable bonds is 32. The Morgan fingerprint density at radius 3 is 0.925 bits per heavy atom. The van der Waals surface area contributed by atoms with Gasteiger partial charge in [-0.3, -0.25) is 9.59 Å². The highest BCUT2D eigenvalue weighted by Gasteiger charge is 2.48. The van der Waals surface area contributed by atoms with Crippen LogP contribution in [0.15, 0.2) is 0 Å². The standard InChI is InChI=1S/C35H68O5/c1-3-5-7-9-11-13-15-17-19-21-23-25-27-29-32(37)35(40,34(39)31-36)33(38)30-28-26-24-22-20-18-16-14-12-10-8-6-4-2/h34,36,39-40H,3-31H2,1-2H3. The molecule has 0 radical (unpaired) electrons. The van der Waals surface area contributed by atoms with E-state index in [1.54, 1.807) is 0 Å². The van der Waals surface area contributed by atoms with E-state index >= 15 is 0 Å². The Hall–Kier alpha value is -0.780. The molecule has 0 saturated carbocycles. The zero-order valence-electron chi connectivity index (χ0n) is 26.7. The molecule has 0 saturated heterocycles. The van der Waals surface area contributed by atoms with E-state index in [1.807, 2.05) is 0 Å². The lowest BCUT2D eigenvalue weighted by Crippen LogP contribution is -2.57. The number of hydrogen-bond donors (Lipinski definition) is 3. The summed E-state index contributed by atoms with van der Waals surface area (Å²) in [6, 6.07) is 0.